The fourth-order valence-corrected chi connectivity index (χ4v) is 2.72. The Bertz CT molecular complexity index is 1220. The molecular formula is C19H10F9N5O. The number of carbonyl (C=O) groups is 1. The van der Waals surface area contributed by atoms with Crippen molar-refractivity contribution in [3.63, 3.8) is 0 Å². The van der Waals surface area contributed by atoms with Gasteiger partial charge >= 0.3 is 18.5 Å². The first-order valence-corrected chi connectivity index (χ1v) is 8.82. The van der Waals surface area contributed by atoms with Gasteiger partial charge in [0.1, 0.15) is 12.0 Å². The number of hydrogen-bond donors (Lipinski definition) is 1. The zero-order chi connectivity index (χ0) is 25.5. The van der Waals surface area contributed by atoms with Gasteiger partial charge in [-0.3, -0.25) is 9.78 Å². The molecule has 0 aliphatic carbocycles. The molecule has 2 N–H and O–H groups in total. The second kappa shape index (κ2) is 8.46. The molecular weight excluding hydrogens is 485 g/mol. The summed E-state index contributed by atoms with van der Waals surface area (Å²) in [5.41, 5.74) is -0.787. The van der Waals surface area contributed by atoms with Crippen LogP contribution in [-0.4, -0.2) is 25.7 Å². The summed E-state index contributed by atoms with van der Waals surface area (Å²) >= 11 is 0. The minimum absolute atomic E-state index is 0.0761. The summed E-state index contributed by atoms with van der Waals surface area (Å²) in [4.78, 5) is 18.6. The second-order valence-electron chi connectivity index (χ2n) is 6.68. The molecule has 0 saturated heterocycles. The summed E-state index contributed by atoms with van der Waals surface area (Å²) in [7, 11) is 0. The van der Waals surface area contributed by atoms with Crippen molar-refractivity contribution in [2.24, 2.45) is 5.73 Å². The first-order valence-electron chi connectivity index (χ1n) is 8.82. The molecule has 6 nitrogen and oxygen atoms in total. The third-order valence-corrected chi connectivity index (χ3v) is 4.24. The Morgan fingerprint density at radius 1 is 0.853 bits per heavy atom. The Labute approximate surface area is 183 Å². The largest absolute Gasteiger partial charge is 0.433 e. The maximum atomic E-state index is 13.1. The van der Waals surface area contributed by atoms with E-state index in [1.165, 1.54) is 0 Å². The molecule has 1 amide bonds. The zero-order valence-electron chi connectivity index (χ0n) is 16.3. The Hall–Kier alpha value is -3.91. The molecule has 15 heteroatoms. The molecule has 0 aliphatic heterocycles. The number of carbonyl (C=O) groups excluding carboxylic acids is 1. The lowest BCUT2D eigenvalue weighted by molar-refractivity contribution is -0.143. The van der Waals surface area contributed by atoms with Crippen LogP contribution in [0.2, 0.25) is 0 Å². The van der Waals surface area contributed by atoms with Crippen molar-refractivity contribution in [3.8, 4) is 11.4 Å². The van der Waals surface area contributed by atoms with Crippen molar-refractivity contribution >= 4 is 17.7 Å². The number of alkyl halides is 9. The standard InChI is InChI=1S/C19H10F9N5O/c20-17(21,22)11-3-10(4-12(6-11)18(23,24)25)16-31-8-33(32-16)7-13(15(29)34)9-1-2-30-14(5-9)19(26,27)28/h1-8H,(H2,29,34)/b13-7-. The highest BCUT2D eigenvalue weighted by Crippen LogP contribution is 2.38. The van der Waals surface area contributed by atoms with Crippen molar-refractivity contribution in [2.45, 2.75) is 18.5 Å². The molecule has 0 saturated carbocycles. The molecule has 3 aromatic rings. The van der Waals surface area contributed by atoms with Crippen LogP contribution in [-0.2, 0) is 23.3 Å². The highest BCUT2D eigenvalue weighted by Gasteiger charge is 2.37. The van der Waals surface area contributed by atoms with E-state index in [-0.39, 0.29) is 11.6 Å². The maximum absolute atomic E-state index is 13.1. The van der Waals surface area contributed by atoms with Crippen LogP contribution in [0.15, 0.2) is 42.9 Å². The summed E-state index contributed by atoms with van der Waals surface area (Å²) in [5.74, 6) is -1.78. The number of hydrogen-bond acceptors (Lipinski definition) is 4. The van der Waals surface area contributed by atoms with E-state index < -0.39 is 58.2 Å². The van der Waals surface area contributed by atoms with Crippen LogP contribution in [0.5, 0.6) is 0 Å². The van der Waals surface area contributed by atoms with Crippen LogP contribution in [0.25, 0.3) is 23.2 Å². The lowest BCUT2D eigenvalue weighted by atomic mass is 10.0. The van der Waals surface area contributed by atoms with Gasteiger partial charge in [0.05, 0.1) is 16.7 Å². The van der Waals surface area contributed by atoms with Gasteiger partial charge in [0.2, 0.25) is 0 Å². The number of halogens is 9. The van der Waals surface area contributed by atoms with Gasteiger partial charge in [-0.2, -0.15) is 39.5 Å². The number of nitrogens with two attached hydrogens (primary N) is 1. The van der Waals surface area contributed by atoms with E-state index in [9.17, 15) is 44.3 Å². The Balaban J connectivity index is 2.07. The highest BCUT2D eigenvalue weighted by molar-refractivity contribution is 6.22. The normalized spacial score (nSPS) is 13.3. The summed E-state index contributed by atoms with van der Waals surface area (Å²) in [6, 6.07) is 2.27. The minimum Gasteiger partial charge on any atom is -0.366 e. The van der Waals surface area contributed by atoms with Crippen molar-refractivity contribution < 1.29 is 44.3 Å². The summed E-state index contributed by atoms with van der Waals surface area (Å²) in [5, 5.41) is 3.69. The number of amides is 1. The lowest BCUT2D eigenvalue weighted by Crippen LogP contribution is -2.15. The van der Waals surface area contributed by atoms with Crippen LogP contribution in [0, 0.1) is 0 Å². The van der Waals surface area contributed by atoms with Crippen molar-refractivity contribution in [3.05, 3.63) is 65.2 Å². The Morgan fingerprint density at radius 2 is 1.44 bits per heavy atom. The second-order valence-corrected chi connectivity index (χ2v) is 6.68. The van der Waals surface area contributed by atoms with Crippen molar-refractivity contribution in [1.82, 2.24) is 19.7 Å². The van der Waals surface area contributed by atoms with E-state index in [2.05, 4.69) is 15.1 Å². The van der Waals surface area contributed by atoms with Crippen LogP contribution < -0.4 is 5.73 Å². The number of pyridine rings is 1. The van der Waals surface area contributed by atoms with Crippen LogP contribution in [0.1, 0.15) is 22.4 Å². The van der Waals surface area contributed by atoms with E-state index in [0.717, 1.165) is 24.8 Å². The molecule has 3 rings (SSSR count). The van der Waals surface area contributed by atoms with E-state index in [1.54, 1.807) is 0 Å². The smallest absolute Gasteiger partial charge is 0.366 e. The first kappa shape index (κ1) is 24.7. The molecule has 0 spiro atoms. The number of nitrogens with zero attached hydrogens (tertiary/aromatic N) is 4. The van der Waals surface area contributed by atoms with Gasteiger partial charge in [0.15, 0.2) is 5.82 Å². The lowest BCUT2D eigenvalue weighted by Gasteiger charge is -2.13. The molecule has 0 radical (unpaired) electrons. The molecule has 2 aromatic heterocycles. The van der Waals surface area contributed by atoms with Gasteiger partial charge in [-0.25, -0.2) is 9.67 Å². The average Bonchev–Trinajstić information content (AvgIpc) is 3.18. The summed E-state index contributed by atoms with van der Waals surface area (Å²) in [6.07, 6.45) is -12.6. The van der Waals surface area contributed by atoms with Gasteiger partial charge in [-0.15, -0.1) is 5.10 Å². The highest BCUT2D eigenvalue weighted by atomic mass is 19.4. The van der Waals surface area contributed by atoms with Crippen molar-refractivity contribution in [1.29, 1.82) is 0 Å². The average molecular weight is 495 g/mol. The fraction of sp³-hybridized carbons (Fsp3) is 0.158. The third-order valence-electron chi connectivity index (χ3n) is 4.24. The van der Waals surface area contributed by atoms with E-state index in [1.807, 2.05) is 0 Å². The van der Waals surface area contributed by atoms with Gasteiger partial charge in [0, 0.05) is 18.0 Å². The molecule has 0 atom stereocenters. The van der Waals surface area contributed by atoms with Crippen LogP contribution >= 0.6 is 0 Å². The Kier molecular flexibility index (Phi) is 6.15. The molecule has 0 fully saturated rings. The number of benzene rings is 1. The summed E-state index contributed by atoms with van der Waals surface area (Å²) in [6.45, 7) is 0. The Morgan fingerprint density at radius 3 is 1.94 bits per heavy atom. The van der Waals surface area contributed by atoms with Crippen molar-refractivity contribution in [2.75, 3.05) is 0 Å². The molecule has 2 heterocycles. The molecule has 34 heavy (non-hydrogen) atoms. The number of rotatable bonds is 4. The van der Waals surface area contributed by atoms with E-state index in [0.29, 0.717) is 22.9 Å². The third kappa shape index (κ3) is 5.52. The predicted molar refractivity (Wildman–Crippen MR) is 98.1 cm³/mol. The molecule has 0 bridgehead atoms. The van der Waals surface area contributed by atoms with Gasteiger partial charge in [0.25, 0.3) is 5.91 Å². The molecule has 0 aliphatic rings. The van der Waals surface area contributed by atoms with Gasteiger partial charge in [-0.05, 0) is 35.9 Å². The van der Waals surface area contributed by atoms with E-state index >= 15 is 0 Å². The van der Waals surface area contributed by atoms with E-state index in [4.69, 9.17) is 5.73 Å². The fourth-order valence-electron chi connectivity index (χ4n) is 2.72. The quantitative estimate of drug-likeness (QED) is 0.413. The molecule has 180 valence electrons. The SMILES string of the molecule is NC(=O)/C(=C\n1cnc(-c2cc(C(F)(F)F)cc(C(F)(F)F)c2)n1)c1ccnc(C(F)(F)F)c1. The van der Waals surface area contributed by atoms with Gasteiger partial charge in [-0.1, -0.05) is 0 Å². The molecule has 1 aromatic carbocycles. The summed E-state index contributed by atoms with van der Waals surface area (Å²) < 4.78 is 118. The number of aromatic nitrogens is 4. The first-order chi connectivity index (χ1) is 15.6. The van der Waals surface area contributed by atoms with Crippen LogP contribution in [0.4, 0.5) is 39.5 Å². The van der Waals surface area contributed by atoms with Gasteiger partial charge < -0.3 is 5.73 Å². The van der Waals surface area contributed by atoms with Crippen LogP contribution in [0.3, 0.4) is 0 Å². The monoisotopic (exact) mass is 495 g/mol. The zero-order valence-corrected chi connectivity index (χ0v) is 16.3. The molecule has 0 unspecified atom stereocenters. The topological polar surface area (TPSA) is 86.7 Å². The number of primary amides is 1. The maximum Gasteiger partial charge on any atom is 0.433 e. The predicted octanol–water partition coefficient (Wildman–Crippen LogP) is 4.88. The minimum atomic E-state index is -5.10.